The molecule has 0 N–H and O–H groups in total. The largest absolute Gasteiger partial charge is 0.0651 e. The van der Waals surface area contributed by atoms with E-state index in [2.05, 4.69) is 48.5 Å². The molecule has 0 radical (unpaired) electrons. The monoisotopic (exact) mass is 280 g/mol. The van der Waals surface area contributed by atoms with Gasteiger partial charge in [-0.25, -0.2) is 0 Å². The Morgan fingerprint density at radius 2 is 1.45 bits per heavy atom. The minimum absolute atomic E-state index is 0.819. The van der Waals surface area contributed by atoms with Gasteiger partial charge in [0, 0.05) is 0 Å². The van der Waals surface area contributed by atoms with Crippen molar-refractivity contribution in [2.75, 3.05) is 0 Å². The third-order valence-electron chi connectivity index (χ3n) is 6.49. The highest BCUT2D eigenvalue weighted by Gasteiger charge is 2.33. The molecule has 0 saturated heterocycles. The summed E-state index contributed by atoms with van der Waals surface area (Å²) in [4.78, 5) is 0. The molecule has 1 fully saturated rings. The van der Waals surface area contributed by atoms with E-state index < -0.39 is 0 Å². The molecule has 1 aliphatic rings. The van der Waals surface area contributed by atoms with Gasteiger partial charge in [-0.15, -0.1) is 0 Å². The summed E-state index contributed by atoms with van der Waals surface area (Å²) in [5, 5.41) is 0. The zero-order chi connectivity index (χ0) is 15.3. The summed E-state index contributed by atoms with van der Waals surface area (Å²) in [6.45, 7) is 17.2. The van der Waals surface area contributed by atoms with Gasteiger partial charge < -0.3 is 0 Å². The molecular weight excluding hydrogens is 240 g/mol. The van der Waals surface area contributed by atoms with Crippen molar-refractivity contribution in [2.24, 2.45) is 41.4 Å². The molecule has 1 saturated carbocycles. The predicted molar refractivity (Wildman–Crippen MR) is 91.9 cm³/mol. The Labute approximate surface area is 129 Å². The number of rotatable bonds is 6. The van der Waals surface area contributed by atoms with Gasteiger partial charge in [0.05, 0.1) is 0 Å². The fraction of sp³-hybridized carbons (Fsp3) is 1.00. The van der Waals surface area contributed by atoms with Crippen molar-refractivity contribution in [3.8, 4) is 0 Å². The first kappa shape index (κ1) is 18.1. The normalized spacial score (nSPS) is 29.2. The lowest BCUT2D eigenvalue weighted by Crippen LogP contribution is -2.32. The zero-order valence-corrected chi connectivity index (χ0v) is 15.3. The van der Waals surface area contributed by atoms with Crippen LogP contribution in [-0.2, 0) is 0 Å². The van der Waals surface area contributed by atoms with Crippen molar-refractivity contribution in [3.63, 3.8) is 0 Å². The first-order valence-corrected chi connectivity index (χ1v) is 9.38. The second-order valence-electron chi connectivity index (χ2n) is 8.33. The minimum Gasteiger partial charge on any atom is -0.0651 e. The van der Waals surface area contributed by atoms with Crippen molar-refractivity contribution in [1.82, 2.24) is 0 Å². The van der Waals surface area contributed by atoms with Gasteiger partial charge in [-0.05, 0) is 47.8 Å². The lowest BCUT2D eigenvalue weighted by molar-refractivity contribution is 0.0994. The van der Waals surface area contributed by atoms with Crippen LogP contribution in [0.25, 0.3) is 0 Å². The fourth-order valence-electron chi connectivity index (χ4n) is 4.79. The van der Waals surface area contributed by atoms with Gasteiger partial charge in [0.2, 0.25) is 0 Å². The van der Waals surface area contributed by atoms with Gasteiger partial charge in [-0.3, -0.25) is 0 Å². The van der Waals surface area contributed by atoms with Gasteiger partial charge >= 0.3 is 0 Å². The molecule has 0 nitrogen and oxygen atoms in total. The third-order valence-corrected chi connectivity index (χ3v) is 6.49. The smallest absolute Gasteiger partial charge is 0.0334 e. The van der Waals surface area contributed by atoms with Crippen LogP contribution in [-0.4, -0.2) is 0 Å². The van der Waals surface area contributed by atoms with E-state index in [1.54, 1.807) is 0 Å². The van der Waals surface area contributed by atoms with Crippen LogP contribution in [0.2, 0.25) is 0 Å². The van der Waals surface area contributed by atoms with Crippen molar-refractivity contribution in [1.29, 1.82) is 0 Å². The van der Waals surface area contributed by atoms with E-state index in [0.717, 1.165) is 41.4 Å². The third kappa shape index (κ3) is 4.78. The number of hydrogen-bond donors (Lipinski definition) is 0. The summed E-state index contributed by atoms with van der Waals surface area (Å²) < 4.78 is 0. The molecule has 20 heavy (non-hydrogen) atoms. The molecule has 5 atom stereocenters. The predicted octanol–water partition coefficient (Wildman–Crippen LogP) is 6.79. The van der Waals surface area contributed by atoms with Crippen molar-refractivity contribution < 1.29 is 0 Å². The summed E-state index contributed by atoms with van der Waals surface area (Å²) in [5.41, 5.74) is 0. The maximum Gasteiger partial charge on any atom is -0.0334 e. The van der Waals surface area contributed by atoms with Gasteiger partial charge in [-0.1, -0.05) is 80.6 Å². The van der Waals surface area contributed by atoms with Gasteiger partial charge in [0.25, 0.3) is 0 Å². The fourth-order valence-corrected chi connectivity index (χ4v) is 4.79. The van der Waals surface area contributed by atoms with E-state index in [-0.39, 0.29) is 0 Å². The highest BCUT2D eigenvalue weighted by molar-refractivity contribution is 4.83. The molecule has 1 aliphatic carbocycles. The van der Waals surface area contributed by atoms with Crippen LogP contribution < -0.4 is 0 Å². The Morgan fingerprint density at radius 3 is 1.95 bits per heavy atom. The van der Waals surface area contributed by atoms with Gasteiger partial charge in [-0.2, -0.15) is 0 Å². The minimum atomic E-state index is 0.819. The SMILES string of the molecule is CCC1CCCC(C(C)C(C(C)C)C(C)C(C)C)CC1. The Morgan fingerprint density at radius 1 is 0.800 bits per heavy atom. The molecule has 1 rings (SSSR count). The summed E-state index contributed by atoms with van der Waals surface area (Å²) in [7, 11) is 0. The van der Waals surface area contributed by atoms with E-state index in [0.29, 0.717) is 0 Å². The zero-order valence-electron chi connectivity index (χ0n) is 15.3. The molecule has 0 amide bonds. The van der Waals surface area contributed by atoms with E-state index in [4.69, 9.17) is 0 Å². The molecule has 0 aliphatic heterocycles. The Kier molecular flexibility index (Phi) is 7.62. The molecule has 0 spiro atoms. The quantitative estimate of drug-likeness (QED) is 0.470. The second kappa shape index (κ2) is 8.44. The average Bonchev–Trinajstić information content (AvgIpc) is 2.63. The van der Waals surface area contributed by atoms with Gasteiger partial charge in [0.1, 0.15) is 0 Å². The highest BCUT2D eigenvalue weighted by atomic mass is 14.4. The van der Waals surface area contributed by atoms with Crippen LogP contribution in [0.5, 0.6) is 0 Å². The van der Waals surface area contributed by atoms with E-state index in [1.807, 2.05) is 0 Å². The molecule has 0 aromatic rings. The first-order valence-electron chi connectivity index (χ1n) is 9.38. The van der Waals surface area contributed by atoms with E-state index >= 15 is 0 Å². The van der Waals surface area contributed by atoms with Crippen LogP contribution in [0.4, 0.5) is 0 Å². The van der Waals surface area contributed by atoms with Crippen LogP contribution in [0, 0.1) is 41.4 Å². The Balaban J connectivity index is 2.71. The molecule has 0 heterocycles. The van der Waals surface area contributed by atoms with Crippen LogP contribution >= 0.6 is 0 Å². The maximum atomic E-state index is 2.57. The van der Waals surface area contributed by atoms with Crippen molar-refractivity contribution in [3.05, 3.63) is 0 Å². The molecular formula is C20H40. The molecule has 0 aromatic heterocycles. The number of hydrogen-bond acceptors (Lipinski definition) is 0. The summed E-state index contributed by atoms with van der Waals surface area (Å²) in [5.74, 6) is 6.32. The summed E-state index contributed by atoms with van der Waals surface area (Å²) in [6, 6.07) is 0. The lowest BCUT2D eigenvalue weighted by atomic mass is 9.66. The van der Waals surface area contributed by atoms with Crippen LogP contribution in [0.3, 0.4) is 0 Å². The van der Waals surface area contributed by atoms with Crippen molar-refractivity contribution in [2.45, 2.75) is 87.0 Å². The first-order chi connectivity index (χ1) is 9.38. The van der Waals surface area contributed by atoms with E-state index in [9.17, 15) is 0 Å². The molecule has 0 heteroatoms. The molecule has 0 bridgehead atoms. The standard InChI is InChI=1S/C20H40/c1-8-18-10-9-11-19(13-12-18)17(7)20(15(4)5)16(6)14(2)3/h14-20H,8-13H2,1-7H3. The summed E-state index contributed by atoms with van der Waals surface area (Å²) in [6.07, 6.45) is 8.85. The Hall–Kier alpha value is 0. The average molecular weight is 281 g/mol. The second-order valence-corrected chi connectivity index (χ2v) is 8.33. The Bertz CT molecular complexity index is 253. The highest BCUT2D eigenvalue weighted by Crippen LogP contribution is 2.42. The lowest BCUT2D eigenvalue weighted by Gasteiger charge is -2.39. The molecule has 0 aromatic carbocycles. The van der Waals surface area contributed by atoms with E-state index in [1.165, 1.54) is 38.5 Å². The maximum absolute atomic E-state index is 2.57. The van der Waals surface area contributed by atoms with Crippen molar-refractivity contribution >= 4 is 0 Å². The van der Waals surface area contributed by atoms with Crippen LogP contribution in [0.15, 0.2) is 0 Å². The molecule has 120 valence electrons. The topological polar surface area (TPSA) is 0 Å². The molecule has 5 unspecified atom stereocenters. The van der Waals surface area contributed by atoms with Crippen LogP contribution in [0.1, 0.15) is 87.0 Å². The summed E-state index contributed by atoms with van der Waals surface area (Å²) >= 11 is 0. The van der Waals surface area contributed by atoms with Gasteiger partial charge in [0.15, 0.2) is 0 Å².